The number of aromatic nitrogens is 7. The molecule has 0 bridgehead atoms. The molecule has 5 aromatic rings. The number of nitrogen functional groups attached to an aromatic ring is 1. The van der Waals surface area contributed by atoms with Crippen molar-refractivity contribution >= 4 is 16.7 Å². The number of nitrogens with zero attached hydrogens (tertiary/aromatic N) is 7. The molecule has 0 radical (unpaired) electrons. The van der Waals surface area contributed by atoms with Crippen LogP contribution in [0.2, 0.25) is 0 Å². The molecule has 9 nitrogen and oxygen atoms in total. The maximum atomic E-state index is 6.38. The van der Waals surface area contributed by atoms with E-state index in [0.29, 0.717) is 41.0 Å². The molecule has 0 amide bonds. The molecular weight excluding hydrogens is 426 g/mol. The third kappa shape index (κ3) is 4.20. The Balaban J connectivity index is 1.57. The van der Waals surface area contributed by atoms with Crippen LogP contribution in [0.5, 0.6) is 0 Å². The summed E-state index contributed by atoms with van der Waals surface area (Å²) in [6.07, 6.45) is 7.12. The zero-order valence-electron chi connectivity index (χ0n) is 19.3. The quantitative estimate of drug-likeness (QED) is 0.402. The van der Waals surface area contributed by atoms with Crippen molar-refractivity contribution in [3.8, 4) is 22.6 Å². The van der Waals surface area contributed by atoms with Gasteiger partial charge in [-0.05, 0) is 44.2 Å². The molecule has 9 heteroatoms. The molecule has 0 aliphatic carbocycles. The fourth-order valence-electron chi connectivity index (χ4n) is 3.76. The molecule has 0 fully saturated rings. The Morgan fingerprint density at radius 1 is 0.941 bits per heavy atom. The van der Waals surface area contributed by atoms with E-state index in [1.165, 1.54) is 0 Å². The zero-order chi connectivity index (χ0) is 23.7. The van der Waals surface area contributed by atoms with Crippen LogP contribution in [-0.4, -0.2) is 34.7 Å². The maximum Gasteiger partial charge on any atom is 0.147 e. The summed E-state index contributed by atoms with van der Waals surface area (Å²) in [5, 5.41) is 9.03. The number of fused-ring (bicyclic) bond motifs is 1. The van der Waals surface area contributed by atoms with Crippen LogP contribution in [-0.2, 0) is 19.1 Å². The van der Waals surface area contributed by atoms with E-state index in [2.05, 4.69) is 31.4 Å². The normalized spacial score (nSPS) is 11.7. The van der Waals surface area contributed by atoms with Crippen molar-refractivity contribution in [3.63, 3.8) is 0 Å². The molecule has 0 saturated heterocycles. The minimum absolute atomic E-state index is 0.351. The lowest BCUT2D eigenvalue weighted by atomic mass is 10.0. The summed E-state index contributed by atoms with van der Waals surface area (Å²) in [5.41, 5.74) is 10.4. The molecule has 4 heterocycles. The van der Waals surface area contributed by atoms with E-state index in [1.54, 1.807) is 29.3 Å². The van der Waals surface area contributed by atoms with Gasteiger partial charge in [-0.2, -0.15) is 5.10 Å². The molecular formula is C25H25N9. The molecule has 4 aromatic heterocycles. The number of benzene rings is 1. The van der Waals surface area contributed by atoms with Gasteiger partial charge >= 0.3 is 0 Å². The van der Waals surface area contributed by atoms with Gasteiger partial charge in [-0.15, -0.1) is 0 Å². The second-order valence-corrected chi connectivity index (χ2v) is 8.59. The van der Waals surface area contributed by atoms with Gasteiger partial charge in [-0.3, -0.25) is 15.0 Å². The summed E-state index contributed by atoms with van der Waals surface area (Å²) in [5.74, 6) is 1.04. The van der Waals surface area contributed by atoms with Gasteiger partial charge in [0.2, 0.25) is 0 Å². The van der Waals surface area contributed by atoms with Gasteiger partial charge in [-0.1, -0.05) is 12.1 Å². The number of nitrogens with two attached hydrogens (primary N) is 1. The molecule has 34 heavy (non-hydrogen) atoms. The van der Waals surface area contributed by atoms with E-state index in [0.717, 1.165) is 16.5 Å². The minimum atomic E-state index is -0.482. The lowest BCUT2D eigenvalue weighted by molar-refractivity contribution is 0.376. The molecule has 1 aromatic carbocycles. The topological polar surface area (TPSA) is 120 Å². The Hall–Kier alpha value is -4.24. The van der Waals surface area contributed by atoms with Crippen molar-refractivity contribution in [2.45, 2.75) is 25.9 Å². The van der Waals surface area contributed by atoms with E-state index in [9.17, 15) is 0 Å². The summed E-state index contributed by atoms with van der Waals surface area (Å²) in [7, 11) is 1.87. The van der Waals surface area contributed by atoms with Crippen LogP contribution < -0.4 is 11.1 Å². The second-order valence-electron chi connectivity index (χ2n) is 8.59. The van der Waals surface area contributed by atoms with Crippen molar-refractivity contribution in [3.05, 3.63) is 78.8 Å². The summed E-state index contributed by atoms with van der Waals surface area (Å²) in [4.78, 5) is 22.9. The van der Waals surface area contributed by atoms with Crippen LogP contribution in [0.3, 0.4) is 0 Å². The van der Waals surface area contributed by atoms with Crippen molar-refractivity contribution in [1.29, 1.82) is 0 Å². The predicted molar refractivity (Wildman–Crippen MR) is 131 cm³/mol. The molecule has 0 unspecified atom stereocenters. The van der Waals surface area contributed by atoms with Crippen molar-refractivity contribution < 1.29 is 0 Å². The fourth-order valence-corrected chi connectivity index (χ4v) is 3.76. The van der Waals surface area contributed by atoms with Crippen LogP contribution in [0.25, 0.3) is 33.5 Å². The Kier molecular flexibility index (Phi) is 5.46. The van der Waals surface area contributed by atoms with E-state index in [4.69, 9.17) is 15.7 Å². The smallest absolute Gasteiger partial charge is 0.147 e. The van der Waals surface area contributed by atoms with Crippen molar-refractivity contribution in [2.24, 2.45) is 7.05 Å². The number of hydrogen-bond donors (Lipinski definition) is 2. The molecule has 0 spiro atoms. The number of anilines is 1. The van der Waals surface area contributed by atoms with Gasteiger partial charge in [0, 0.05) is 49.3 Å². The van der Waals surface area contributed by atoms with Crippen LogP contribution >= 0.6 is 0 Å². The van der Waals surface area contributed by atoms with Crippen molar-refractivity contribution in [1.82, 2.24) is 40.0 Å². The summed E-state index contributed by atoms with van der Waals surface area (Å²) >= 11 is 0. The van der Waals surface area contributed by atoms with E-state index < -0.39 is 5.54 Å². The summed E-state index contributed by atoms with van der Waals surface area (Å²) in [6, 6.07) is 13.7. The molecule has 170 valence electrons. The first-order valence-corrected chi connectivity index (χ1v) is 10.9. The van der Waals surface area contributed by atoms with Gasteiger partial charge in [-0.25, -0.2) is 19.9 Å². The zero-order valence-corrected chi connectivity index (χ0v) is 19.3. The Morgan fingerprint density at radius 2 is 1.74 bits per heavy atom. The molecule has 0 aliphatic rings. The van der Waals surface area contributed by atoms with E-state index in [-0.39, 0.29) is 0 Å². The largest absolute Gasteiger partial charge is 0.382 e. The molecule has 5 rings (SSSR count). The standard InChI is InChI=1S/C25H25N9/c1-25(2,24-28-11-5-12-29-24)30-15-20-23(26)32-22(19-9-13-34(3)33-19)21(31-20)17-7-8-18-16(14-17)6-4-10-27-18/h4-14,30H,15H2,1-3H3,(H2,26,32). The number of hydrogen-bond acceptors (Lipinski definition) is 8. The third-order valence-corrected chi connectivity index (χ3v) is 5.65. The van der Waals surface area contributed by atoms with Crippen LogP contribution in [0.4, 0.5) is 5.82 Å². The van der Waals surface area contributed by atoms with Gasteiger partial charge in [0.05, 0.1) is 22.4 Å². The SMILES string of the molecule is Cn1ccc(-c2nc(N)c(CNC(C)(C)c3ncccn3)nc2-c2ccc3ncccc3c2)n1. The predicted octanol–water partition coefficient (Wildman–Crippen LogP) is 3.49. The first kappa shape index (κ1) is 21.6. The highest BCUT2D eigenvalue weighted by Crippen LogP contribution is 2.31. The highest BCUT2D eigenvalue weighted by molar-refractivity contribution is 5.87. The second kappa shape index (κ2) is 8.60. The number of rotatable bonds is 6. The Bertz CT molecular complexity index is 1460. The van der Waals surface area contributed by atoms with Crippen LogP contribution in [0.1, 0.15) is 25.4 Å². The summed E-state index contributed by atoms with van der Waals surface area (Å²) < 4.78 is 1.74. The average Bonchev–Trinajstić information content (AvgIpc) is 3.29. The van der Waals surface area contributed by atoms with Crippen LogP contribution in [0.15, 0.2) is 67.3 Å². The molecule has 0 atom stereocenters. The Morgan fingerprint density at radius 3 is 2.50 bits per heavy atom. The van der Waals surface area contributed by atoms with E-state index >= 15 is 0 Å². The van der Waals surface area contributed by atoms with Crippen LogP contribution in [0, 0.1) is 0 Å². The number of pyridine rings is 1. The molecule has 3 N–H and O–H groups in total. The third-order valence-electron chi connectivity index (χ3n) is 5.65. The van der Waals surface area contributed by atoms with Crippen molar-refractivity contribution in [2.75, 3.05) is 5.73 Å². The number of nitrogens with one attached hydrogen (secondary N) is 1. The van der Waals surface area contributed by atoms with Gasteiger partial charge in [0.15, 0.2) is 0 Å². The lowest BCUT2D eigenvalue weighted by Gasteiger charge is -2.24. The maximum absolute atomic E-state index is 6.38. The monoisotopic (exact) mass is 451 g/mol. The van der Waals surface area contributed by atoms with Gasteiger partial charge in [0.1, 0.15) is 23.0 Å². The minimum Gasteiger partial charge on any atom is -0.382 e. The average molecular weight is 452 g/mol. The van der Waals surface area contributed by atoms with Gasteiger partial charge in [0.25, 0.3) is 0 Å². The lowest BCUT2D eigenvalue weighted by Crippen LogP contribution is -2.38. The highest BCUT2D eigenvalue weighted by atomic mass is 15.3. The highest BCUT2D eigenvalue weighted by Gasteiger charge is 2.24. The fraction of sp³-hybridized carbons (Fsp3) is 0.200. The first-order chi connectivity index (χ1) is 16.4. The van der Waals surface area contributed by atoms with Gasteiger partial charge < -0.3 is 5.73 Å². The molecule has 0 saturated carbocycles. The first-order valence-electron chi connectivity index (χ1n) is 10.9. The summed E-state index contributed by atoms with van der Waals surface area (Å²) in [6.45, 7) is 4.44. The Labute approximate surface area is 197 Å². The number of aryl methyl sites for hydroxylation is 1. The van der Waals surface area contributed by atoms with E-state index in [1.807, 2.05) is 57.4 Å². The molecule has 0 aliphatic heterocycles.